The zero-order chi connectivity index (χ0) is 40.5. The number of nitrogens with zero attached hydrogens (tertiary/aromatic N) is 8. The number of carboxylic acids is 1. The normalized spacial score (nSPS) is 16.3. The van der Waals surface area contributed by atoms with Gasteiger partial charge in [0.25, 0.3) is 17.6 Å². The summed E-state index contributed by atoms with van der Waals surface area (Å²) >= 11 is 3.48. The van der Waals surface area contributed by atoms with Crippen molar-refractivity contribution in [1.82, 2.24) is 44.8 Å². The molecule has 6 heterocycles. The second-order valence-corrected chi connectivity index (χ2v) is 15.0. The number of aromatic hydroxyl groups is 3. The minimum absolute atomic E-state index is 0. The van der Waals surface area contributed by atoms with Gasteiger partial charge in [0.1, 0.15) is 27.8 Å². The number of phenolic OH excluding ortho intramolecular Hbond substituents is 2. The predicted molar refractivity (Wildman–Crippen MR) is 205 cm³/mol. The number of carboxylic acid groups (broad SMARTS) is 1. The summed E-state index contributed by atoms with van der Waals surface area (Å²) in [6.07, 6.45) is 1.01. The Morgan fingerprint density at radius 1 is 1.09 bits per heavy atom. The number of esters is 1. The number of β-lactam (4-membered cyclic amide) rings is 1. The molecule has 2 aliphatic heterocycles. The first-order chi connectivity index (χ1) is 27.3. The Hall–Kier alpha value is -5.73. The number of hydrogen-bond acceptors (Lipinski definition) is 20. The number of phenols is 2. The Labute approximate surface area is 358 Å². The van der Waals surface area contributed by atoms with Gasteiger partial charge in [-0.05, 0) is 36.8 Å². The van der Waals surface area contributed by atoms with Crippen molar-refractivity contribution in [2.75, 3.05) is 17.2 Å². The van der Waals surface area contributed by atoms with E-state index in [0.717, 1.165) is 34.6 Å². The maximum atomic E-state index is 13.5. The molecule has 58 heavy (non-hydrogen) atoms. The summed E-state index contributed by atoms with van der Waals surface area (Å²) in [4.78, 5) is 88.9. The minimum atomic E-state index is -1.34. The Balaban J connectivity index is 0.00000567. The van der Waals surface area contributed by atoms with Crippen LogP contribution in [-0.4, -0.2) is 142 Å². The summed E-state index contributed by atoms with van der Waals surface area (Å²) < 4.78 is 6.68. The van der Waals surface area contributed by atoms with E-state index in [1.807, 2.05) is 0 Å². The number of anilines is 1. The third kappa shape index (κ3) is 8.72. The Morgan fingerprint density at radius 2 is 1.88 bits per heavy atom. The number of benzene rings is 1. The fraction of sp³-hybridized carbons (Fsp3) is 0.219. The van der Waals surface area contributed by atoms with E-state index in [1.54, 1.807) is 13.0 Å². The van der Waals surface area contributed by atoms with Gasteiger partial charge in [0.2, 0.25) is 0 Å². The number of carbonyl (C=O) groups excluding carboxylic acids is 3. The van der Waals surface area contributed by atoms with Crippen LogP contribution in [0, 0.1) is 6.92 Å². The van der Waals surface area contributed by atoms with Crippen LogP contribution < -0.4 is 16.6 Å². The van der Waals surface area contributed by atoms with Gasteiger partial charge < -0.3 is 46.0 Å². The third-order valence-electron chi connectivity index (χ3n) is 8.09. The number of hydrogen-bond donors (Lipinski definition) is 7. The summed E-state index contributed by atoms with van der Waals surface area (Å²) in [7, 11) is 0. The first-order valence-corrected chi connectivity index (χ1v) is 19.1. The number of carbonyl (C=O) groups is 4. The van der Waals surface area contributed by atoms with E-state index in [1.165, 1.54) is 39.5 Å². The Kier molecular flexibility index (Phi) is 12.6. The molecular formula is C32H27N11NaO11S3. The standard InChI is InChI=1S/C32H27N11O11S3.Na/c1-12-4-21(43-32(35-12)38-20(40-43)7-53-30(52)13-2-3-16(44)17(45)5-13)55-9-14-10-56-28-23(27(49)42(28)24(14)29(50)51)39-26(48)22(15-11-57-31(33)36-15)41-54-8-19-34-6-18(46)25(47)37-19;/h2-6,11,23,28,44-46H,7-10H2,1H3,(H2,33,36)(H,39,48)(H,50,51)(H,34,37,47);/t23-,28-;/m1./s1. The number of oxime groups is 1. The van der Waals surface area contributed by atoms with Gasteiger partial charge >= 0.3 is 17.5 Å². The zero-order valence-electron chi connectivity index (χ0n) is 30.0. The van der Waals surface area contributed by atoms with Crippen LogP contribution in [0.4, 0.5) is 5.13 Å². The van der Waals surface area contributed by atoms with Crippen molar-refractivity contribution in [1.29, 1.82) is 0 Å². The maximum Gasteiger partial charge on any atom is 0.352 e. The largest absolute Gasteiger partial charge is 0.504 e. The number of fused-ring (bicyclic) bond motifs is 2. The molecular weight excluding hydrogens is 834 g/mol. The van der Waals surface area contributed by atoms with Gasteiger partial charge in [0.15, 0.2) is 53.0 Å². The van der Waals surface area contributed by atoms with Crippen LogP contribution in [0.5, 0.6) is 17.2 Å². The molecule has 2 atom stereocenters. The summed E-state index contributed by atoms with van der Waals surface area (Å²) in [5, 5.41) is 51.0. The number of nitrogen functional groups attached to an aromatic ring is 1. The summed E-state index contributed by atoms with van der Waals surface area (Å²) in [6.45, 7) is 0.985. The number of thiazole rings is 1. The number of aliphatic carboxylic acids is 1. The van der Waals surface area contributed by atoms with Crippen molar-refractivity contribution >= 4 is 105 Å². The zero-order valence-corrected chi connectivity index (χ0v) is 34.4. The third-order valence-corrected chi connectivity index (χ3v) is 11.2. The van der Waals surface area contributed by atoms with Crippen molar-refractivity contribution in [3.05, 3.63) is 86.1 Å². The van der Waals surface area contributed by atoms with Crippen molar-refractivity contribution < 1.29 is 49.2 Å². The van der Waals surface area contributed by atoms with E-state index in [9.17, 15) is 44.4 Å². The number of aryl methyl sites for hydroxylation is 1. The van der Waals surface area contributed by atoms with Gasteiger partial charge in [-0.25, -0.2) is 19.6 Å². The van der Waals surface area contributed by atoms with E-state index in [4.69, 9.17) is 15.3 Å². The molecule has 8 N–H and O–H groups in total. The molecule has 0 saturated carbocycles. The summed E-state index contributed by atoms with van der Waals surface area (Å²) in [5.74, 6) is -4.56. The molecule has 2 amide bonds. The van der Waals surface area contributed by atoms with Crippen molar-refractivity contribution in [3.63, 3.8) is 0 Å². The van der Waals surface area contributed by atoms with Crippen LogP contribution in [0.1, 0.15) is 33.4 Å². The fourth-order valence-electron chi connectivity index (χ4n) is 5.45. The van der Waals surface area contributed by atoms with Crippen LogP contribution in [0.3, 0.4) is 0 Å². The molecule has 1 fully saturated rings. The second-order valence-electron chi connectivity index (χ2n) is 12.0. The molecule has 0 aliphatic carbocycles. The molecule has 26 heteroatoms. The molecule has 0 bridgehead atoms. The van der Waals surface area contributed by atoms with Crippen LogP contribution in [0.2, 0.25) is 0 Å². The maximum absolute atomic E-state index is 13.5. The van der Waals surface area contributed by atoms with Gasteiger partial charge in [-0.3, -0.25) is 19.3 Å². The fourth-order valence-corrected chi connectivity index (χ4v) is 8.53. The van der Waals surface area contributed by atoms with Gasteiger partial charge in [-0.1, -0.05) is 5.16 Å². The van der Waals surface area contributed by atoms with E-state index in [0.29, 0.717) is 16.3 Å². The summed E-state index contributed by atoms with van der Waals surface area (Å²) in [5.41, 5.74) is 5.30. The molecule has 1 aromatic carbocycles. The quantitative estimate of drug-likeness (QED) is 0.0121. The molecule has 0 spiro atoms. The monoisotopic (exact) mass is 860 g/mol. The van der Waals surface area contributed by atoms with Crippen molar-refractivity contribution in [2.24, 2.45) is 5.16 Å². The topological polar surface area (TPSA) is 323 Å². The number of nitrogens with two attached hydrogens (primary N) is 1. The number of amides is 2. The molecule has 0 unspecified atom stereocenters. The van der Waals surface area contributed by atoms with E-state index in [-0.39, 0.29) is 92.9 Å². The van der Waals surface area contributed by atoms with Crippen LogP contribution >= 0.6 is 34.9 Å². The molecule has 5 aromatic rings. The Morgan fingerprint density at radius 3 is 2.59 bits per heavy atom. The number of nitrogens with one attached hydrogen (secondary N) is 2. The molecule has 2 aliphatic rings. The molecule has 295 valence electrons. The SMILES string of the molecule is Cc1cc(SCC2=C(C(=O)O)N3C(=O)[C@@H](NC(=O)C(=NOCc4nc(=O)c(O)c[nH]4)c4csc(N)n4)[C@H]3SC2)n2nc(COC(=O)c3ccc(O)c(O)c3)nc2n1.[Na]. The van der Waals surface area contributed by atoms with Crippen LogP contribution in [0.25, 0.3) is 5.78 Å². The van der Waals surface area contributed by atoms with Gasteiger partial charge in [0, 0.05) is 52.1 Å². The number of aromatic nitrogens is 7. The van der Waals surface area contributed by atoms with E-state index >= 15 is 0 Å². The number of thioether (sulfide) groups is 2. The number of H-pyrrole nitrogens is 1. The second kappa shape index (κ2) is 17.4. The molecule has 7 rings (SSSR count). The van der Waals surface area contributed by atoms with Crippen molar-refractivity contribution in [3.8, 4) is 17.2 Å². The van der Waals surface area contributed by atoms with Gasteiger partial charge in [-0.2, -0.15) is 14.5 Å². The number of rotatable bonds is 13. The Bertz CT molecular complexity index is 2600. The first-order valence-electron chi connectivity index (χ1n) is 16.2. The molecule has 4 aromatic heterocycles. The van der Waals surface area contributed by atoms with Crippen LogP contribution in [0.15, 0.2) is 62.1 Å². The average molecular weight is 861 g/mol. The molecule has 22 nitrogen and oxygen atoms in total. The minimum Gasteiger partial charge on any atom is -0.504 e. The van der Waals surface area contributed by atoms with Gasteiger partial charge in [-0.15, -0.1) is 40.0 Å². The van der Waals surface area contributed by atoms with Crippen molar-refractivity contribution in [2.45, 2.75) is 36.6 Å². The average Bonchev–Trinajstić information content (AvgIpc) is 3.80. The summed E-state index contributed by atoms with van der Waals surface area (Å²) in [6, 6.07) is 4.06. The molecule has 1 radical (unpaired) electrons. The predicted octanol–water partition coefficient (Wildman–Crippen LogP) is 0.0995. The number of ether oxygens (including phenoxy) is 1. The van der Waals surface area contributed by atoms with E-state index < -0.39 is 64.6 Å². The van der Waals surface area contributed by atoms with Gasteiger partial charge in [0.05, 0.1) is 11.8 Å². The first kappa shape index (κ1) is 41.9. The smallest absolute Gasteiger partial charge is 0.352 e. The molecule has 1 saturated heterocycles. The van der Waals surface area contributed by atoms with E-state index in [2.05, 4.69) is 40.5 Å². The number of aromatic amines is 1. The van der Waals surface area contributed by atoms with Crippen LogP contribution in [-0.2, 0) is 37.2 Å².